The second kappa shape index (κ2) is 7.78. The van der Waals surface area contributed by atoms with Crippen molar-refractivity contribution in [2.75, 3.05) is 13.7 Å². The van der Waals surface area contributed by atoms with Gasteiger partial charge in [-0.3, -0.25) is 25.0 Å². The van der Waals surface area contributed by atoms with Crippen molar-refractivity contribution >= 4 is 23.8 Å². The maximum absolute atomic E-state index is 12.3. The number of carbonyl (C=O) groups excluding carboxylic acids is 4. The van der Waals surface area contributed by atoms with Crippen LogP contribution in [0.4, 0.5) is 4.79 Å². The van der Waals surface area contributed by atoms with Crippen molar-refractivity contribution in [3.05, 3.63) is 29.8 Å². The number of hydrogen-bond donors (Lipinski definition) is 2. The van der Waals surface area contributed by atoms with Crippen LogP contribution in [-0.4, -0.2) is 37.5 Å². The molecular formula is C17H20N2O6. The fourth-order valence-electron chi connectivity index (χ4n) is 2.87. The summed E-state index contributed by atoms with van der Waals surface area (Å²) in [5, 5.41) is 4.14. The molecule has 0 spiro atoms. The van der Waals surface area contributed by atoms with Crippen molar-refractivity contribution in [2.45, 2.75) is 19.8 Å². The van der Waals surface area contributed by atoms with Gasteiger partial charge in [0, 0.05) is 5.92 Å². The highest BCUT2D eigenvalue weighted by Crippen LogP contribution is 2.35. The minimum absolute atomic E-state index is 0.181. The number of nitrogens with one attached hydrogen (secondary N) is 2. The van der Waals surface area contributed by atoms with Crippen LogP contribution in [0.3, 0.4) is 0 Å². The lowest BCUT2D eigenvalue weighted by molar-refractivity contribution is -0.149. The second-order valence-corrected chi connectivity index (χ2v) is 5.62. The van der Waals surface area contributed by atoms with Crippen molar-refractivity contribution < 1.29 is 28.7 Å². The first-order valence-electron chi connectivity index (χ1n) is 7.85. The third-order valence-corrected chi connectivity index (χ3v) is 4.10. The molecule has 8 heteroatoms. The number of rotatable bonds is 6. The van der Waals surface area contributed by atoms with E-state index in [-0.39, 0.29) is 6.61 Å². The third-order valence-electron chi connectivity index (χ3n) is 4.10. The Kier molecular flexibility index (Phi) is 5.74. The first-order chi connectivity index (χ1) is 11.9. The Morgan fingerprint density at radius 2 is 1.68 bits per heavy atom. The van der Waals surface area contributed by atoms with Crippen LogP contribution in [0.1, 0.15) is 25.3 Å². The topological polar surface area (TPSA) is 111 Å². The van der Waals surface area contributed by atoms with E-state index in [2.05, 4.69) is 10.6 Å². The largest absolute Gasteiger partial charge is 0.497 e. The lowest BCUT2D eigenvalue weighted by Crippen LogP contribution is -2.58. The fraction of sp³-hybridized carbons (Fsp3) is 0.412. The highest BCUT2D eigenvalue weighted by Gasteiger charge is 2.45. The lowest BCUT2D eigenvalue weighted by atomic mass is 9.76. The van der Waals surface area contributed by atoms with E-state index in [1.807, 2.05) is 0 Å². The van der Waals surface area contributed by atoms with E-state index in [1.54, 1.807) is 38.1 Å². The first kappa shape index (κ1) is 18.4. The van der Waals surface area contributed by atoms with Crippen LogP contribution in [0.15, 0.2) is 24.3 Å². The van der Waals surface area contributed by atoms with E-state index >= 15 is 0 Å². The Morgan fingerprint density at radius 3 is 2.16 bits per heavy atom. The average Bonchev–Trinajstić information content (AvgIpc) is 2.57. The molecule has 8 nitrogen and oxygen atoms in total. The van der Waals surface area contributed by atoms with Gasteiger partial charge >= 0.3 is 12.0 Å². The zero-order valence-electron chi connectivity index (χ0n) is 14.2. The molecule has 1 saturated heterocycles. The lowest BCUT2D eigenvalue weighted by Gasteiger charge is -2.31. The van der Waals surface area contributed by atoms with Crippen molar-refractivity contribution in [2.24, 2.45) is 11.8 Å². The molecule has 1 aliphatic rings. The van der Waals surface area contributed by atoms with Crippen LogP contribution in [0.25, 0.3) is 0 Å². The molecule has 0 aliphatic carbocycles. The summed E-state index contributed by atoms with van der Waals surface area (Å²) in [6.07, 6.45) is 0. The number of imide groups is 2. The minimum Gasteiger partial charge on any atom is -0.497 e. The molecule has 2 rings (SSSR count). The number of esters is 1. The molecule has 1 fully saturated rings. The smallest absolute Gasteiger partial charge is 0.328 e. The molecular weight excluding hydrogens is 328 g/mol. The summed E-state index contributed by atoms with van der Waals surface area (Å²) in [7, 11) is 1.52. The highest BCUT2D eigenvalue weighted by atomic mass is 16.5. The first-order valence-corrected chi connectivity index (χ1v) is 7.85. The quantitative estimate of drug-likeness (QED) is 0.585. The van der Waals surface area contributed by atoms with Gasteiger partial charge in [-0.2, -0.15) is 0 Å². The van der Waals surface area contributed by atoms with E-state index in [9.17, 15) is 19.2 Å². The zero-order valence-corrected chi connectivity index (χ0v) is 14.2. The summed E-state index contributed by atoms with van der Waals surface area (Å²) in [6, 6.07) is 5.82. The van der Waals surface area contributed by atoms with Gasteiger partial charge in [-0.15, -0.1) is 0 Å². The molecule has 0 unspecified atom stereocenters. The molecule has 4 amide bonds. The van der Waals surface area contributed by atoms with Crippen LogP contribution in [0.5, 0.6) is 5.75 Å². The molecule has 0 aromatic heterocycles. The number of hydrogen-bond acceptors (Lipinski definition) is 6. The van der Waals surface area contributed by atoms with E-state index < -0.39 is 41.6 Å². The Bertz CT molecular complexity index is 665. The monoisotopic (exact) mass is 348 g/mol. The Labute approximate surface area is 144 Å². The molecule has 1 heterocycles. The summed E-state index contributed by atoms with van der Waals surface area (Å²) in [5.74, 6) is -4.22. The molecule has 1 aromatic carbocycles. The van der Waals surface area contributed by atoms with Gasteiger partial charge in [-0.25, -0.2) is 4.79 Å². The van der Waals surface area contributed by atoms with Crippen LogP contribution in [0.2, 0.25) is 0 Å². The Morgan fingerprint density at radius 1 is 1.12 bits per heavy atom. The molecule has 0 radical (unpaired) electrons. The van der Waals surface area contributed by atoms with Crippen molar-refractivity contribution in [3.8, 4) is 5.75 Å². The third kappa shape index (κ3) is 3.96. The highest BCUT2D eigenvalue weighted by molar-refractivity contribution is 6.16. The van der Waals surface area contributed by atoms with Gasteiger partial charge in [-0.1, -0.05) is 19.1 Å². The standard InChI is InChI=1S/C17H20N2O6/c1-4-25-16(22)9(2)12(10-5-7-11(24-3)8-6-10)13-14(20)18-17(23)19-15(13)21/h5-9,12-13H,4H2,1-3H3,(H2,18,19,20,21,23)/t9-,12+/m1/s1. The normalized spacial score (nSPS) is 17.3. The Balaban J connectivity index is 2.43. The van der Waals surface area contributed by atoms with Crippen LogP contribution in [-0.2, 0) is 19.1 Å². The summed E-state index contributed by atoms with van der Waals surface area (Å²) in [4.78, 5) is 48.1. The molecule has 2 atom stereocenters. The van der Waals surface area contributed by atoms with Gasteiger partial charge in [0.25, 0.3) is 0 Å². The number of methoxy groups -OCH3 is 1. The summed E-state index contributed by atoms with van der Waals surface area (Å²) in [6.45, 7) is 3.44. The number of ether oxygens (including phenoxy) is 2. The molecule has 25 heavy (non-hydrogen) atoms. The number of urea groups is 1. The van der Waals surface area contributed by atoms with Gasteiger partial charge in [0.2, 0.25) is 11.8 Å². The van der Waals surface area contributed by atoms with Gasteiger partial charge in [-0.05, 0) is 24.6 Å². The number of barbiturate groups is 1. The SMILES string of the molecule is CCOC(=O)[C@H](C)[C@@H](c1ccc(OC)cc1)C1C(=O)NC(=O)NC1=O. The van der Waals surface area contributed by atoms with Crippen LogP contribution < -0.4 is 15.4 Å². The maximum atomic E-state index is 12.3. The number of carbonyl (C=O) groups is 4. The summed E-state index contributed by atoms with van der Waals surface area (Å²) in [5.41, 5.74) is 0.589. The molecule has 0 saturated carbocycles. The maximum Gasteiger partial charge on any atom is 0.328 e. The van der Waals surface area contributed by atoms with Gasteiger partial charge in [0.05, 0.1) is 19.6 Å². The van der Waals surface area contributed by atoms with Gasteiger partial charge in [0.15, 0.2) is 0 Å². The Hall–Kier alpha value is -2.90. The molecule has 1 aromatic rings. The average molecular weight is 348 g/mol. The molecule has 134 valence electrons. The second-order valence-electron chi connectivity index (χ2n) is 5.62. The molecule has 0 bridgehead atoms. The van der Waals surface area contributed by atoms with Crippen molar-refractivity contribution in [3.63, 3.8) is 0 Å². The predicted octanol–water partition coefficient (Wildman–Crippen LogP) is 0.960. The minimum atomic E-state index is -1.23. The van der Waals surface area contributed by atoms with Crippen LogP contribution in [0, 0.1) is 11.8 Å². The summed E-state index contributed by atoms with van der Waals surface area (Å²) >= 11 is 0. The zero-order chi connectivity index (χ0) is 18.6. The van der Waals surface area contributed by atoms with E-state index in [4.69, 9.17) is 9.47 Å². The van der Waals surface area contributed by atoms with Crippen molar-refractivity contribution in [1.82, 2.24) is 10.6 Å². The van der Waals surface area contributed by atoms with E-state index in [0.29, 0.717) is 11.3 Å². The van der Waals surface area contributed by atoms with Gasteiger partial charge in [0.1, 0.15) is 11.7 Å². The fourth-order valence-corrected chi connectivity index (χ4v) is 2.87. The van der Waals surface area contributed by atoms with Crippen molar-refractivity contribution in [1.29, 1.82) is 0 Å². The predicted molar refractivity (Wildman–Crippen MR) is 86.7 cm³/mol. The van der Waals surface area contributed by atoms with Crippen LogP contribution >= 0.6 is 0 Å². The number of amides is 4. The van der Waals surface area contributed by atoms with E-state index in [0.717, 1.165) is 0 Å². The summed E-state index contributed by atoms with van der Waals surface area (Å²) < 4.78 is 10.1. The number of benzene rings is 1. The molecule has 2 N–H and O–H groups in total. The van der Waals surface area contributed by atoms with Gasteiger partial charge < -0.3 is 9.47 Å². The van der Waals surface area contributed by atoms with E-state index in [1.165, 1.54) is 7.11 Å². The molecule has 1 aliphatic heterocycles.